The summed E-state index contributed by atoms with van der Waals surface area (Å²) in [5.41, 5.74) is 6.23. The molecule has 2 aliphatic rings. The molecule has 3 amide bonds. The number of nitrogens with two attached hydrogens (primary N) is 2. The molecule has 9 heteroatoms. The quantitative estimate of drug-likeness (QED) is 0.797. The number of primary sulfonamides is 1. The van der Waals surface area contributed by atoms with Gasteiger partial charge in [-0.25, -0.2) is 18.4 Å². The number of rotatable bonds is 4. The van der Waals surface area contributed by atoms with E-state index in [1.807, 2.05) is 0 Å². The Labute approximate surface area is 162 Å². The van der Waals surface area contributed by atoms with Gasteiger partial charge in [-0.2, -0.15) is 0 Å². The molecule has 2 heterocycles. The maximum absolute atomic E-state index is 12.8. The van der Waals surface area contributed by atoms with Crippen LogP contribution in [0.4, 0.5) is 10.5 Å². The van der Waals surface area contributed by atoms with Gasteiger partial charge in [0.1, 0.15) is 5.54 Å². The van der Waals surface area contributed by atoms with Crippen LogP contribution in [0.25, 0.3) is 11.1 Å². The molecule has 0 spiro atoms. The number of amides is 3. The Kier molecular flexibility index (Phi) is 4.16. The highest BCUT2D eigenvalue weighted by molar-refractivity contribution is 7.89. The summed E-state index contributed by atoms with van der Waals surface area (Å²) in [6.45, 7) is 0.617. The molecule has 2 aromatic rings. The molecule has 0 saturated carbocycles. The normalized spacial score (nSPS) is 21.8. The largest absolute Gasteiger partial charge is 0.368 e. The van der Waals surface area contributed by atoms with Crippen molar-refractivity contribution in [3.63, 3.8) is 0 Å². The third kappa shape index (κ3) is 2.74. The average molecular weight is 399 g/mol. The van der Waals surface area contributed by atoms with Gasteiger partial charge in [0, 0.05) is 24.2 Å². The van der Waals surface area contributed by atoms with E-state index in [4.69, 9.17) is 10.9 Å². The average Bonchev–Trinajstić information content (AvgIpc) is 3.21. The first-order valence-corrected chi connectivity index (χ1v) is 10.2. The van der Waals surface area contributed by atoms with E-state index in [1.165, 1.54) is 15.9 Å². The minimum absolute atomic E-state index is 0.0305. The fourth-order valence-electron chi connectivity index (χ4n) is 3.90. The van der Waals surface area contributed by atoms with Crippen molar-refractivity contribution in [3.05, 3.63) is 55.0 Å². The van der Waals surface area contributed by atoms with Crippen molar-refractivity contribution < 1.29 is 18.0 Å². The number of fused-ring (bicyclic) bond motifs is 1. The summed E-state index contributed by atoms with van der Waals surface area (Å²) in [5.74, 6) is -0.542. The van der Waals surface area contributed by atoms with Crippen LogP contribution >= 0.6 is 0 Å². The molecule has 0 aliphatic carbocycles. The lowest BCUT2D eigenvalue weighted by Gasteiger charge is -2.25. The minimum Gasteiger partial charge on any atom is -0.368 e. The standard InChI is InChI=1S/C19H19N4O4S/c20-17(24)19-10-3-11-23(19)18(25)22(12-19)14-8-6-13(7-9-14)15-4-1-2-5-16(15)28(21,26)27/h1-2,4-10H,3,11-12H2,(H2,20,24)(H2,21,26,27)/t19-/m1/s1. The highest BCUT2D eigenvalue weighted by Gasteiger charge is 2.56. The van der Waals surface area contributed by atoms with Crippen LogP contribution in [0.5, 0.6) is 0 Å². The molecular formula is C19H19N4O4S. The molecular weight excluding hydrogens is 380 g/mol. The second kappa shape index (κ2) is 6.32. The molecule has 28 heavy (non-hydrogen) atoms. The second-order valence-corrected chi connectivity index (χ2v) is 8.42. The highest BCUT2D eigenvalue weighted by Crippen LogP contribution is 2.38. The Morgan fingerprint density at radius 3 is 2.36 bits per heavy atom. The van der Waals surface area contributed by atoms with Gasteiger partial charge in [-0.05, 0) is 30.2 Å². The molecule has 2 fully saturated rings. The van der Waals surface area contributed by atoms with E-state index in [0.29, 0.717) is 29.8 Å². The molecule has 2 aliphatic heterocycles. The van der Waals surface area contributed by atoms with Crippen LogP contribution in [0, 0.1) is 6.42 Å². The van der Waals surface area contributed by atoms with Gasteiger partial charge in [0.15, 0.2) is 0 Å². The zero-order chi connectivity index (χ0) is 20.1. The van der Waals surface area contributed by atoms with Crippen LogP contribution < -0.4 is 15.8 Å². The number of carbonyl (C=O) groups excluding carboxylic acids is 2. The van der Waals surface area contributed by atoms with Crippen LogP contribution in [0.3, 0.4) is 0 Å². The van der Waals surface area contributed by atoms with Gasteiger partial charge in [-0.15, -0.1) is 0 Å². The van der Waals surface area contributed by atoms with Crippen molar-refractivity contribution in [2.45, 2.75) is 16.9 Å². The van der Waals surface area contributed by atoms with Gasteiger partial charge in [-0.1, -0.05) is 30.3 Å². The van der Waals surface area contributed by atoms with Crippen molar-refractivity contribution in [1.29, 1.82) is 0 Å². The number of carbonyl (C=O) groups is 2. The Morgan fingerprint density at radius 1 is 1.07 bits per heavy atom. The minimum atomic E-state index is -3.87. The summed E-state index contributed by atoms with van der Waals surface area (Å²) in [6, 6.07) is 13.0. The van der Waals surface area contributed by atoms with Gasteiger partial charge in [-0.3, -0.25) is 9.69 Å². The third-order valence-corrected chi connectivity index (χ3v) is 6.26. The lowest BCUT2D eigenvalue weighted by atomic mass is 9.96. The predicted molar refractivity (Wildman–Crippen MR) is 104 cm³/mol. The highest BCUT2D eigenvalue weighted by atomic mass is 32.2. The zero-order valence-corrected chi connectivity index (χ0v) is 15.7. The van der Waals surface area contributed by atoms with Crippen molar-refractivity contribution >= 4 is 27.6 Å². The molecule has 2 saturated heterocycles. The van der Waals surface area contributed by atoms with Gasteiger partial charge in [0.25, 0.3) is 0 Å². The molecule has 4 rings (SSSR count). The van der Waals surface area contributed by atoms with E-state index in [1.54, 1.807) is 48.9 Å². The van der Waals surface area contributed by atoms with Crippen LogP contribution in [0.1, 0.15) is 6.42 Å². The molecule has 0 aromatic heterocycles. The van der Waals surface area contributed by atoms with Gasteiger partial charge in [0.05, 0.1) is 11.4 Å². The first-order valence-electron chi connectivity index (χ1n) is 8.70. The van der Waals surface area contributed by atoms with Crippen LogP contribution in [0.15, 0.2) is 53.4 Å². The third-order valence-electron chi connectivity index (χ3n) is 5.29. The predicted octanol–water partition coefficient (Wildman–Crippen LogP) is 1.08. The number of hydrogen-bond donors (Lipinski definition) is 2. The number of sulfonamides is 1. The monoisotopic (exact) mass is 399 g/mol. The fraction of sp³-hybridized carbons (Fsp3) is 0.211. The van der Waals surface area contributed by atoms with E-state index in [2.05, 4.69) is 0 Å². The maximum atomic E-state index is 12.8. The fourth-order valence-corrected chi connectivity index (χ4v) is 4.66. The topological polar surface area (TPSA) is 127 Å². The van der Waals surface area contributed by atoms with E-state index < -0.39 is 21.5 Å². The molecule has 1 atom stereocenters. The van der Waals surface area contributed by atoms with Gasteiger partial charge in [0.2, 0.25) is 15.9 Å². The van der Waals surface area contributed by atoms with Crippen molar-refractivity contribution in [3.8, 4) is 11.1 Å². The number of primary amides is 1. The number of anilines is 1. The Balaban J connectivity index is 1.67. The van der Waals surface area contributed by atoms with Gasteiger partial charge < -0.3 is 10.6 Å². The summed E-state index contributed by atoms with van der Waals surface area (Å²) in [4.78, 5) is 27.8. The molecule has 4 N–H and O–H groups in total. The number of benzene rings is 2. The van der Waals surface area contributed by atoms with Crippen LogP contribution in [0.2, 0.25) is 0 Å². The molecule has 8 nitrogen and oxygen atoms in total. The SMILES string of the molecule is NC(=O)[C@]12[CH]CCN1C(=O)N(c1ccc(-c3ccccc3S(N)(=O)=O)cc1)C2. The summed E-state index contributed by atoms with van der Waals surface area (Å²) in [5, 5.41) is 5.30. The summed E-state index contributed by atoms with van der Waals surface area (Å²) < 4.78 is 23.7. The maximum Gasteiger partial charge on any atom is 0.325 e. The molecule has 0 unspecified atom stereocenters. The van der Waals surface area contributed by atoms with Crippen LogP contribution in [-0.4, -0.2) is 43.9 Å². The zero-order valence-electron chi connectivity index (χ0n) is 14.9. The number of hydrogen-bond acceptors (Lipinski definition) is 4. The van der Waals surface area contributed by atoms with Crippen molar-refractivity contribution in [2.75, 3.05) is 18.0 Å². The summed E-state index contributed by atoms with van der Waals surface area (Å²) >= 11 is 0. The van der Waals surface area contributed by atoms with E-state index in [-0.39, 0.29) is 17.5 Å². The molecule has 1 radical (unpaired) electrons. The van der Waals surface area contributed by atoms with Crippen molar-refractivity contribution in [2.24, 2.45) is 10.9 Å². The summed E-state index contributed by atoms with van der Waals surface area (Å²) in [6.07, 6.45) is 2.43. The lowest BCUT2D eigenvalue weighted by molar-refractivity contribution is -0.124. The second-order valence-electron chi connectivity index (χ2n) is 6.89. The molecule has 2 aromatic carbocycles. The lowest BCUT2D eigenvalue weighted by Crippen LogP contribution is -2.53. The van der Waals surface area contributed by atoms with E-state index in [9.17, 15) is 18.0 Å². The van der Waals surface area contributed by atoms with E-state index in [0.717, 1.165) is 0 Å². The first-order chi connectivity index (χ1) is 13.2. The van der Waals surface area contributed by atoms with Crippen LogP contribution in [-0.2, 0) is 14.8 Å². The Morgan fingerprint density at radius 2 is 1.75 bits per heavy atom. The summed E-state index contributed by atoms with van der Waals surface area (Å²) in [7, 11) is -3.87. The Hall–Kier alpha value is -2.91. The molecule has 0 bridgehead atoms. The van der Waals surface area contributed by atoms with E-state index >= 15 is 0 Å². The smallest absolute Gasteiger partial charge is 0.325 e. The molecule has 145 valence electrons. The van der Waals surface area contributed by atoms with Gasteiger partial charge >= 0.3 is 6.03 Å². The Bertz CT molecular complexity index is 1070. The number of urea groups is 1. The number of nitrogens with zero attached hydrogens (tertiary/aromatic N) is 2. The first kappa shape index (κ1) is 18.5. The van der Waals surface area contributed by atoms with Crippen molar-refractivity contribution in [1.82, 2.24) is 4.90 Å².